The number of rotatable bonds is 5. The van der Waals surface area contributed by atoms with E-state index in [-0.39, 0.29) is 5.56 Å². The summed E-state index contributed by atoms with van der Waals surface area (Å²) in [5.41, 5.74) is 8.06. The Morgan fingerprint density at radius 2 is 2.08 bits per heavy atom. The fraction of sp³-hybridized carbons (Fsp3) is 0.118. The summed E-state index contributed by atoms with van der Waals surface area (Å²) >= 11 is 6.08. The average Bonchev–Trinajstić information content (AvgIpc) is 2.61. The van der Waals surface area contributed by atoms with E-state index in [1.165, 1.54) is 18.6 Å². The number of nitrogens with two attached hydrogens (primary N) is 1. The van der Waals surface area contributed by atoms with Gasteiger partial charge in [-0.25, -0.2) is 15.0 Å². The van der Waals surface area contributed by atoms with E-state index in [1.807, 2.05) is 25.2 Å². The van der Waals surface area contributed by atoms with Gasteiger partial charge in [-0.3, -0.25) is 9.78 Å². The highest BCUT2D eigenvalue weighted by atomic mass is 35.5. The van der Waals surface area contributed by atoms with Crippen LogP contribution in [0, 0.1) is 0 Å². The largest absolute Gasteiger partial charge is 0.366 e. The zero-order valence-electron chi connectivity index (χ0n) is 13.4. The molecule has 126 valence electrons. The van der Waals surface area contributed by atoms with Crippen molar-refractivity contribution in [1.82, 2.24) is 20.3 Å². The maximum absolute atomic E-state index is 11.6. The van der Waals surface area contributed by atoms with Gasteiger partial charge in [-0.05, 0) is 30.8 Å². The first-order valence-electron chi connectivity index (χ1n) is 7.47. The predicted octanol–water partition coefficient (Wildman–Crippen LogP) is 2.12. The minimum Gasteiger partial charge on any atom is -0.366 e. The molecular weight excluding hydrogens is 340 g/mol. The lowest BCUT2D eigenvalue weighted by molar-refractivity contribution is 0.100. The number of likely N-dealkylation sites (N-methyl/N-ethyl adjacent to an activating group) is 1. The summed E-state index contributed by atoms with van der Waals surface area (Å²) in [6.07, 6.45) is 2.83. The number of benzene rings is 1. The lowest BCUT2D eigenvalue weighted by atomic mass is 10.1. The number of hydrogen-bond donors (Lipinski definition) is 2. The van der Waals surface area contributed by atoms with E-state index in [1.54, 1.807) is 6.07 Å². The molecule has 0 saturated heterocycles. The molecule has 1 amide bonds. The molecule has 3 aromatic rings. The first kappa shape index (κ1) is 16.9. The maximum atomic E-state index is 11.6. The number of nitrogens with zero attached hydrogens (tertiary/aromatic N) is 4. The second kappa shape index (κ2) is 7.33. The second-order valence-corrected chi connectivity index (χ2v) is 5.65. The van der Waals surface area contributed by atoms with Crippen molar-refractivity contribution in [2.75, 3.05) is 13.6 Å². The lowest BCUT2D eigenvalue weighted by Gasteiger charge is -2.08. The molecule has 0 saturated carbocycles. The first-order valence-corrected chi connectivity index (χ1v) is 7.85. The molecule has 3 rings (SSSR count). The number of carbonyl (C=O) groups is 1. The minimum absolute atomic E-state index is 0.279. The number of halogens is 1. The average molecular weight is 355 g/mol. The van der Waals surface area contributed by atoms with E-state index < -0.39 is 5.91 Å². The van der Waals surface area contributed by atoms with Crippen molar-refractivity contribution in [3.63, 3.8) is 0 Å². The molecule has 2 aromatic heterocycles. The van der Waals surface area contributed by atoms with Gasteiger partial charge in [-0.2, -0.15) is 0 Å². The van der Waals surface area contributed by atoms with Gasteiger partial charge in [0.25, 0.3) is 5.91 Å². The number of aliphatic imine (C=N–C) groups is 1. The summed E-state index contributed by atoms with van der Waals surface area (Å²) in [7, 11) is 1.82. The number of pyridine rings is 1. The van der Waals surface area contributed by atoms with Crippen molar-refractivity contribution < 1.29 is 4.79 Å². The molecule has 0 bridgehead atoms. The van der Waals surface area contributed by atoms with Gasteiger partial charge in [0.2, 0.25) is 0 Å². The Morgan fingerprint density at radius 1 is 1.24 bits per heavy atom. The molecule has 25 heavy (non-hydrogen) atoms. The highest BCUT2D eigenvalue weighted by Crippen LogP contribution is 2.23. The summed E-state index contributed by atoms with van der Waals surface area (Å²) < 4.78 is 0. The summed E-state index contributed by atoms with van der Waals surface area (Å²) in [5, 5.41) is 3.69. The zero-order chi connectivity index (χ0) is 17.8. The molecule has 8 heteroatoms. The number of hydrogen-bond acceptors (Lipinski definition) is 6. The van der Waals surface area contributed by atoms with Crippen LogP contribution in [-0.4, -0.2) is 40.2 Å². The molecule has 0 aliphatic carbocycles. The minimum atomic E-state index is -0.577. The molecule has 3 N–H and O–H groups in total. The van der Waals surface area contributed by atoms with Gasteiger partial charge in [0.15, 0.2) is 5.82 Å². The number of aromatic nitrogens is 3. The molecule has 1 aromatic carbocycles. The molecule has 0 aliphatic rings. The Hall–Kier alpha value is -2.90. The number of nitrogens with one attached hydrogen (secondary N) is 1. The van der Waals surface area contributed by atoms with Crippen LogP contribution in [0.1, 0.15) is 15.9 Å². The van der Waals surface area contributed by atoms with Gasteiger partial charge >= 0.3 is 0 Å². The van der Waals surface area contributed by atoms with Gasteiger partial charge < -0.3 is 11.1 Å². The van der Waals surface area contributed by atoms with Crippen LogP contribution in [0.25, 0.3) is 11.0 Å². The molecule has 0 atom stereocenters. The molecule has 0 aliphatic heterocycles. The standard InChI is InChI=1S/C17H15ClN6O/c1-20-8-13(10-3-2-4-11(18)7-10)24-17-15-14(22-9-23-17)12(16(19)25)5-6-21-15/h2-7,9,20H,8H2,1H3,(H2,19,25). The fourth-order valence-electron chi connectivity index (χ4n) is 2.40. The monoisotopic (exact) mass is 354 g/mol. The predicted molar refractivity (Wildman–Crippen MR) is 97.4 cm³/mol. The molecule has 0 unspecified atom stereocenters. The van der Waals surface area contributed by atoms with E-state index in [0.717, 1.165) is 11.3 Å². The lowest BCUT2D eigenvalue weighted by Crippen LogP contribution is -2.19. The SMILES string of the molecule is CNCC(=Nc1ncnc2c(C(N)=O)ccnc12)c1cccc(Cl)c1. The van der Waals surface area contributed by atoms with Crippen LogP contribution in [-0.2, 0) is 0 Å². The Bertz CT molecular complexity index is 972. The van der Waals surface area contributed by atoms with Crippen LogP contribution < -0.4 is 11.1 Å². The van der Waals surface area contributed by atoms with Gasteiger partial charge in [-0.1, -0.05) is 23.7 Å². The van der Waals surface area contributed by atoms with E-state index >= 15 is 0 Å². The van der Waals surface area contributed by atoms with Crippen LogP contribution in [0.5, 0.6) is 0 Å². The number of carbonyl (C=O) groups excluding carboxylic acids is 1. The third kappa shape index (κ3) is 3.62. The van der Waals surface area contributed by atoms with Crippen molar-refractivity contribution >= 4 is 40.1 Å². The zero-order valence-corrected chi connectivity index (χ0v) is 14.2. The molecule has 2 heterocycles. The van der Waals surface area contributed by atoms with Gasteiger partial charge in [0.1, 0.15) is 17.4 Å². The Labute approximate surface area is 149 Å². The highest BCUT2D eigenvalue weighted by molar-refractivity contribution is 6.31. The Kier molecular flexibility index (Phi) is 4.97. The van der Waals surface area contributed by atoms with Crippen molar-refractivity contribution in [2.24, 2.45) is 10.7 Å². The molecule has 7 nitrogen and oxygen atoms in total. The summed E-state index contributed by atoms with van der Waals surface area (Å²) in [5.74, 6) is -0.218. The third-order valence-corrected chi connectivity index (χ3v) is 3.75. The normalized spacial score (nSPS) is 11.7. The fourth-order valence-corrected chi connectivity index (χ4v) is 2.59. The van der Waals surface area contributed by atoms with Crippen molar-refractivity contribution in [1.29, 1.82) is 0 Å². The number of fused-ring (bicyclic) bond motifs is 1. The van der Waals surface area contributed by atoms with Crippen LogP contribution in [0.4, 0.5) is 5.82 Å². The topological polar surface area (TPSA) is 106 Å². The Balaban J connectivity index is 2.18. The molecule has 0 spiro atoms. The van der Waals surface area contributed by atoms with E-state index in [9.17, 15) is 4.79 Å². The smallest absolute Gasteiger partial charge is 0.251 e. The van der Waals surface area contributed by atoms with E-state index in [0.29, 0.717) is 28.4 Å². The van der Waals surface area contributed by atoms with Crippen LogP contribution >= 0.6 is 11.6 Å². The summed E-state index contributed by atoms with van der Waals surface area (Å²) in [4.78, 5) is 28.8. The molecule has 0 fully saturated rings. The van der Waals surface area contributed by atoms with Crippen LogP contribution in [0.15, 0.2) is 47.8 Å². The van der Waals surface area contributed by atoms with E-state index in [4.69, 9.17) is 17.3 Å². The Morgan fingerprint density at radius 3 is 2.80 bits per heavy atom. The quantitative estimate of drug-likeness (QED) is 0.682. The summed E-state index contributed by atoms with van der Waals surface area (Å²) in [6, 6.07) is 8.90. The van der Waals surface area contributed by atoms with Gasteiger partial charge in [0.05, 0.1) is 11.3 Å². The van der Waals surface area contributed by atoms with Crippen molar-refractivity contribution in [2.45, 2.75) is 0 Å². The van der Waals surface area contributed by atoms with Crippen LogP contribution in [0.3, 0.4) is 0 Å². The van der Waals surface area contributed by atoms with Crippen molar-refractivity contribution in [3.05, 3.63) is 59.0 Å². The van der Waals surface area contributed by atoms with Crippen LogP contribution in [0.2, 0.25) is 5.02 Å². The number of primary amides is 1. The summed E-state index contributed by atoms with van der Waals surface area (Å²) in [6.45, 7) is 0.501. The van der Waals surface area contributed by atoms with Gasteiger partial charge in [-0.15, -0.1) is 0 Å². The third-order valence-electron chi connectivity index (χ3n) is 3.51. The molecule has 0 radical (unpaired) electrons. The van der Waals surface area contributed by atoms with E-state index in [2.05, 4.69) is 25.3 Å². The first-order chi connectivity index (χ1) is 12.1. The van der Waals surface area contributed by atoms with Gasteiger partial charge in [0, 0.05) is 17.8 Å². The second-order valence-electron chi connectivity index (χ2n) is 5.22. The highest BCUT2D eigenvalue weighted by Gasteiger charge is 2.13. The molecular formula is C17H15ClN6O. The maximum Gasteiger partial charge on any atom is 0.251 e. The van der Waals surface area contributed by atoms with Crippen molar-refractivity contribution in [3.8, 4) is 0 Å². The number of amides is 1.